The molecule has 0 aliphatic carbocycles. The van der Waals surface area contributed by atoms with Gasteiger partial charge in [-0.1, -0.05) is 19.1 Å². The number of carbonyl (C=O) groups is 2. The Morgan fingerprint density at radius 2 is 1.72 bits per heavy atom. The Morgan fingerprint density at radius 3 is 2.28 bits per heavy atom. The van der Waals surface area contributed by atoms with Gasteiger partial charge in [-0.05, 0) is 42.3 Å². The summed E-state index contributed by atoms with van der Waals surface area (Å²) >= 11 is 0. The second-order valence-corrected chi connectivity index (χ2v) is 8.45. The van der Waals surface area contributed by atoms with Gasteiger partial charge in [-0.2, -0.15) is 0 Å². The van der Waals surface area contributed by atoms with Crippen molar-refractivity contribution in [2.75, 3.05) is 33.1 Å². The standard InChI is InChI=1S/C20H24N2O6S/c1-5-14-6-8-15(9-7-14)20(24)28-13-19(23)21-16-10-11-17(27-4)18(12-16)29(25,26)22(2)3/h6-12H,5,13H2,1-4H3,(H,21,23). The van der Waals surface area contributed by atoms with Crippen LogP contribution in [-0.4, -0.2) is 52.4 Å². The predicted octanol–water partition coefficient (Wildman–Crippen LogP) is 2.30. The first-order chi connectivity index (χ1) is 13.7. The van der Waals surface area contributed by atoms with Crippen molar-refractivity contribution in [2.24, 2.45) is 0 Å². The number of esters is 1. The second-order valence-electron chi connectivity index (χ2n) is 6.33. The number of amides is 1. The molecule has 1 amide bonds. The Balaban J connectivity index is 2.05. The SMILES string of the molecule is CCc1ccc(C(=O)OCC(=O)Nc2ccc(OC)c(S(=O)(=O)N(C)C)c2)cc1. The quantitative estimate of drug-likeness (QED) is 0.658. The van der Waals surface area contributed by atoms with Crippen LogP contribution in [-0.2, 0) is 26.0 Å². The molecule has 0 aromatic heterocycles. The van der Waals surface area contributed by atoms with Crippen LogP contribution < -0.4 is 10.1 Å². The molecular formula is C20H24N2O6S. The Kier molecular flexibility index (Phi) is 7.35. The lowest BCUT2D eigenvalue weighted by molar-refractivity contribution is -0.119. The number of aryl methyl sites for hydroxylation is 1. The second kappa shape index (κ2) is 9.53. The summed E-state index contributed by atoms with van der Waals surface area (Å²) in [7, 11) is 0.373. The van der Waals surface area contributed by atoms with E-state index in [1.54, 1.807) is 12.1 Å². The monoisotopic (exact) mass is 420 g/mol. The summed E-state index contributed by atoms with van der Waals surface area (Å²) in [6, 6.07) is 11.1. The fraction of sp³-hybridized carbons (Fsp3) is 0.300. The average Bonchev–Trinajstić information content (AvgIpc) is 2.71. The fourth-order valence-corrected chi connectivity index (χ4v) is 3.52. The zero-order valence-electron chi connectivity index (χ0n) is 16.8. The fourth-order valence-electron chi connectivity index (χ4n) is 2.44. The average molecular weight is 420 g/mol. The van der Waals surface area contributed by atoms with Gasteiger partial charge in [-0.3, -0.25) is 4.79 Å². The molecule has 9 heteroatoms. The van der Waals surface area contributed by atoms with Crippen molar-refractivity contribution >= 4 is 27.6 Å². The Hall–Kier alpha value is -2.91. The van der Waals surface area contributed by atoms with E-state index in [-0.39, 0.29) is 16.3 Å². The summed E-state index contributed by atoms with van der Waals surface area (Å²) in [6.45, 7) is 1.50. The van der Waals surface area contributed by atoms with Crippen molar-refractivity contribution in [2.45, 2.75) is 18.2 Å². The maximum absolute atomic E-state index is 12.4. The molecule has 8 nitrogen and oxygen atoms in total. The zero-order chi connectivity index (χ0) is 21.6. The van der Waals surface area contributed by atoms with E-state index >= 15 is 0 Å². The van der Waals surface area contributed by atoms with E-state index < -0.39 is 28.5 Å². The number of benzene rings is 2. The number of sulfonamides is 1. The molecule has 0 radical (unpaired) electrons. The van der Waals surface area contributed by atoms with E-state index in [2.05, 4.69) is 5.32 Å². The topological polar surface area (TPSA) is 102 Å². The number of hydrogen-bond donors (Lipinski definition) is 1. The summed E-state index contributed by atoms with van der Waals surface area (Å²) < 4.78 is 36.0. The van der Waals surface area contributed by atoms with Crippen LogP contribution in [0.4, 0.5) is 5.69 Å². The third kappa shape index (κ3) is 5.55. The van der Waals surface area contributed by atoms with Crippen molar-refractivity contribution in [1.82, 2.24) is 4.31 Å². The molecule has 2 rings (SSSR count). The van der Waals surface area contributed by atoms with E-state index in [9.17, 15) is 18.0 Å². The number of anilines is 1. The largest absolute Gasteiger partial charge is 0.495 e. The van der Waals surface area contributed by atoms with Gasteiger partial charge in [0, 0.05) is 19.8 Å². The number of nitrogens with one attached hydrogen (secondary N) is 1. The Morgan fingerprint density at radius 1 is 1.07 bits per heavy atom. The molecule has 0 unspecified atom stereocenters. The van der Waals surface area contributed by atoms with Crippen molar-refractivity contribution in [1.29, 1.82) is 0 Å². The number of carbonyl (C=O) groups excluding carboxylic acids is 2. The summed E-state index contributed by atoms with van der Waals surface area (Å²) in [5.74, 6) is -1.06. The molecule has 0 saturated carbocycles. The Bertz CT molecular complexity index is 985. The normalized spacial score (nSPS) is 11.2. The molecule has 0 aliphatic rings. The Labute approximate surface area is 170 Å². The molecule has 0 heterocycles. The minimum atomic E-state index is -3.77. The predicted molar refractivity (Wildman–Crippen MR) is 109 cm³/mol. The van der Waals surface area contributed by atoms with Gasteiger partial charge in [0.05, 0.1) is 12.7 Å². The summed E-state index contributed by atoms with van der Waals surface area (Å²) in [4.78, 5) is 24.1. The molecule has 29 heavy (non-hydrogen) atoms. The van der Waals surface area contributed by atoms with Crippen LogP contribution in [0, 0.1) is 0 Å². The summed E-state index contributed by atoms with van der Waals surface area (Å²) in [6.07, 6.45) is 0.852. The number of methoxy groups -OCH3 is 1. The van der Waals surface area contributed by atoms with E-state index in [4.69, 9.17) is 9.47 Å². The van der Waals surface area contributed by atoms with Crippen molar-refractivity contribution < 1.29 is 27.5 Å². The van der Waals surface area contributed by atoms with Gasteiger partial charge >= 0.3 is 5.97 Å². The first kappa shape index (κ1) is 22.4. The molecule has 1 N–H and O–H groups in total. The van der Waals surface area contributed by atoms with Gasteiger partial charge in [0.25, 0.3) is 5.91 Å². The van der Waals surface area contributed by atoms with Crippen LogP contribution >= 0.6 is 0 Å². The lowest BCUT2D eigenvalue weighted by atomic mass is 10.1. The zero-order valence-corrected chi connectivity index (χ0v) is 17.6. The van der Waals surface area contributed by atoms with Crippen LogP contribution in [0.3, 0.4) is 0 Å². The first-order valence-corrected chi connectivity index (χ1v) is 10.3. The number of nitrogens with zero attached hydrogens (tertiary/aromatic N) is 1. The summed E-state index contributed by atoms with van der Waals surface area (Å²) in [5.41, 5.74) is 1.67. The van der Waals surface area contributed by atoms with E-state index in [0.717, 1.165) is 16.3 Å². The molecule has 0 fully saturated rings. The number of hydrogen-bond acceptors (Lipinski definition) is 6. The molecule has 2 aromatic carbocycles. The highest BCUT2D eigenvalue weighted by molar-refractivity contribution is 7.89. The van der Waals surface area contributed by atoms with Crippen LogP contribution in [0.15, 0.2) is 47.4 Å². The highest BCUT2D eigenvalue weighted by atomic mass is 32.2. The van der Waals surface area contributed by atoms with Crippen molar-refractivity contribution in [3.8, 4) is 5.75 Å². The third-order valence-corrected chi connectivity index (χ3v) is 5.97. The highest BCUT2D eigenvalue weighted by Gasteiger charge is 2.23. The third-order valence-electron chi connectivity index (χ3n) is 4.14. The molecule has 156 valence electrons. The van der Waals surface area contributed by atoms with Crippen LogP contribution in [0.25, 0.3) is 0 Å². The lowest BCUT2D eigenvalue weighted by Gasteiger charge is -2.16. The van der Waals surface area contributed by atoms with Gasteiger partial charge in [0.2, 0.25) is 10.0 Å². The highest BCUT2D eigenvalue weighted by Crippen LogP contribution is 2.28. The molecule has 0 aliphatic heterocycles. The lowest BCUT2D eigenvalue weighted by Crippen LogP contribution is -2.24. The van der Waals surface area contributed by atoms with Gasteiger partial charge < -0.3 is 14.8 Å². The van der Waals surface area contributed by atoms with Crippen molar-refractivity contribution in [3.63, 3.8) is 0 Å². The van der Waals surface area contributed by atoms with Crippen LogP contribution in [0.2, 0.25) is 0 Å². The van der Waals surface area contributed by atoms with Gasteiger partial charge in [-0.25, -0.2) is 17.5 Å². The molecule has 0 spiro atoms. The minimum absolute atomic E-state index is 0.0872. The molecule has 0 saturated heterocycles. The van der Waals surface area contributed by atoms with Crippen LogP contribution in [0.1, 0.15) is 22.8 Å². The first-order valence-electron chi connectivity index (χ1n) is 8.85. The van der Waals surface area contributed by atoms with Gasteiger partial charge in [0.1, 0.15) is 10.6 Å². The number of rotatable bonds is 8. The van der Waals surface area contributed by atoms with Crippen LogP contribution in [0.5, 0.6) is 5.75 Å². The number of ether oxygens (including phenoxy) is 2. The van der Waals surface area contributed by atoms with E-state index in [1.165, 1.54) is 39.4 Å². The maximum atomic E-state index is 12.4. The summed E-state index contributed by atoms with van der Waals surface area (Å²) in [5, 5.41) is 2.52. The van der Waals surface area contributed by atoms with Crippen molar-refractivity contribution in [3.05, 3.63) is 53.6 Å². The molecular weight excluding hydrogens is 396 g/mol. The van der Waals surface area contributed by atoms with Gasteiger partial charge in [0.15, 0.2) is 6.61 Å². The molecule has 0 atom stereocenters. The molecule has 2 aromatic rings. The maximum Gasteiger partial charge on any atom is 0.338 e. The van der Waals surface area contributed by atoms with E-state index in [1.807, 2.05) is 19.1 Å². The van der Waals surface area contributed by atoms with E-state index in [0.29, 0.717) is 5.56 Å². The molecule has 0 bridgehead atoms. The van der Waals surface area contributed by atoms with Gasteiger partial charge in [-0.15, -0.1) is 0 Å². The smallest absolute Gasteiger partial charge is 0.338 e. The minimum Gasteiger partial charge on any atom is -0.495 e.